The maximum Gasteiger partial charge on any atom is 0.240 e. The van der Waals surface area contributed by atoms with Crippen LogP contribution in [0.3, 0.4) is 0 Å². The van der Waals surface area contributed by atoms with Crippen molar-refractivity contribution < 1.29 is 9.53 Å². The van der Waals surface area contributed by atoms with Gasteiger partial charge < -0.3 is 4.74 Å². The first kappa shape index (κ1) is 17.9. The minimum absolute atomic E-state index is 0.139. The highest BCUT2D eigenvalue weighted by Gasteiger charge is 2.04. The number of aryl methyl sites for hydroxylation is 1. The maximum absolute atomic E-state index is 11.8. The fourth-order valence-electron chi connectivity index (χ4n) is 2.05. The molecule has 2 aromatic rings. The third kappa shape index (κ3) is 5.66. The highest BCUT2D eigenvalue weighted by Crippen LogP contribution is 2.21. The fourth-order valence-corrected chi connectivity index (χ4v) is 2.28. The molecule has 0 bridgehead atoms. The van der Waals surface area contributed by atoms with Crippen LogP contribution in [0.15, 0.2) is 47.8 Å². The van der Waals surface area contributed by atoms with E-state index in [1.54, 1.807) is 18.5 Å². The molecule has 0 unspecified atom stereocenters. The van der Waals surface area contributed by atoms with Crippen LogP contribution in [0.1, 0.15) is 30.9 Å². The van der Waals surface area contributed by atoms with Crippen molar-refractivity contribution in [3.8, 4) is 5.75 Å². The number of hydrazone groups is 1. The largest absolute Gasteiger partial charge is 0.493 e. The molecule has 0 saturated carbocycles. The average molecular weight is 346 g/mol. The van der Waals surface area contributed by atoms with Gasteiger partial charge in [0.15, 0.2) is 0 Å². The summed E-state index contributed by atoms with van der Waals surface area (Å²) in [6.07, 6.45) is 4.33. The summed E-state index contributed by atoms with van der Waals surface area (Å²) in [7, 11) is 0. The molecule has 0 atom stereocenters. The number of carbonyl (C=O) groups is 1. The Kier molecular flexibility index (Phi) is 6.75. The molecule has 1 aromatic carbocycles. The third-order valence-corrected chi connectivity index (χ3v) is 3.62. The van der Waals surface area contributed by atoms with E-state index in [1.807, 2.05) is 38.1 Å². The highest BCUT2D eigenvalue weighted by molar-refractivity contribution is 6.30. The van der Waals surface area contributed by atoms with Gasteiger partial charge in [-0.25, -0.2) is 5.43 Å². The van der Waals surface area contributed by atoms with Crippen LogP contribution < -0.4 is 10.2 Å². The maximum atomic E-state index is 11.8. The van der Waals surface area contributed by atoms with E-state index in [2.05, 4.69) is 15.5 Å². The quantitative estimate of drug-likeness (QED) is 0.472. The van der Waals surface area contributed by atoms with Gasteiger partial charge in [0.2, 0.25) is 5.91 Å². The number of hydrogen-bond acceptors (Lipinski definition) is 4. The van der Waals surface area contributed by atoms with Gasteiger partial charge in [0.05, 0.1) is 12.3 Å². The van der Waals surface area contributed by atoms with Gasteiger partial charge in [-0.1, -0.05) is 11.6 Å². The first-order valence-corrected chi connectivity index (χ1v) is 8.06. The van der Waals surface area contributed by atoms with Gasteiger partial charge in [0, 0.05) is 29.4 Å². The van der Waals surface area contributed by atoms with Gasteiger partial charge in [-0.2, -0.15) is 5.10 Å². The molecule has 0 saturated heterocycles. The molecule has 1 heterocycles. The monoisotopic (exact) mass is 345 g/mol. The van der Waals surface area contributed by atoms with Crippen LogP contribution in [0.5, 0.6) is 5.75 Å². The van der Waals surface area contributed by atoms with Crippen molar-refractivity contribution in [2.75, 3.05) is 6.61 Å². The molecular formula is C18H20ClN3O2. The van der Waals surface area contributed by atoms with Crippen LogP contribution in [0, 0.1) is 6.92 Å². The number of benzene rings is 1. The SMILES string of the molecule is C/C(=N\NC(=O)CCCOc1ccc(Cl)cc1C)c1ccncc1. The lowest BCUT2D eigenvalue weighted by Gasteiger charge is -2.09. The summed E-state index contributed by atoms with van der Waals surface area (Å²) >= 11 is 5.90. The molecule has 2 rings (SSSR count). The van der Waals surface area contributed by atoms with Gasteiger partial charge >= 0.3 is 0 Å². The van der Waals surface area contributed by atoms with Crippen molar-refractivity contribution in [1.29, 1.82) is 0 Å². The minimum atomic E-state index is -0.139. The van der Waals surface area contributed by atoms with E-state index >= 15 is 0 Å². The first-order chi connectivity index (χ1) is 11.6. The van der Waals surface area contributed by atoms with Crippen molar-refractivity contribution in [3.05, 3.63) is 58.9 Å². The second-order valence-electron chi connectivity index (χ2n) is 5.33. The Labute approximate surface area is 146 Å². The molecule has 0 radical (unpaired) electrons. The normalized spacial score (nSPS) is 11.2. The lowest BCUT2D eigenvalue weighted by Crippen LogP contribution is -2.19. The Balaban J connectivity index is 1.72. The summed E-state index contributed by atoms with van der Waals surface area (Å²) < 4.78 is 5.66. The van der Waals surface area contributed by atoms with Gasteiger partial charge in [0.1, 0.15) is 5.75 Å². The molecule has 6 heteroatoms. The summed E-state index contributed by atoms with van der Waals surface area (Å²) in [5.74, 6) is 0.645. The number of aromatic nitrogens is 1. The summed E-state index contributed by atoms with van der Waals surface area (Å²) in [4.78, 5) is 15.7. The standard InChI is InChI=1S/C18H20ClN3O2/c1-13-12-16(19)5-6-17(13)24-11-3-4-18(23)22-21-14(2)15-7-9-20-10-8-15/h5-10,12H,3-4,11H2,1-2H3,(H,22,23)/b21-14+. The molecule has 5 nitrogen and oxygen atoms in total. The molecule has 0 aliphatic carbocycles. The van der Waals surface area contributed by atoms with Crippen LogP contribution in [0.2, 0.25) is 5.02 Å². The molecule has 0 spiro atoms. The van der Waals surface area contributed by atoms with Crippen molar-refractivity contribution in [1.82, 2.24) is 10.4 Å². The Morgan fingerprint density at radius 2 is 2.04 bits per heavy atom. The molecule has 1 aromatic heterocycles. The number of carbonyl (C=O) groups excluding carboxylic acids is 1. The Hall–Kier alpha value is -2.40. The van der Waals surface area contributed by atoms with Crippen LogP contribution in [-0.2, 0) is 4.79 Å². The van der Waals surface area contributed by atoms with E-state index in [0.29, 0.717) is 24.5 Å². The molecule has 24 heavy (non-hydrogen) atoms. The second-order valence-corrected chi connectivity index (χ2v) is 5.77. The van der Waals surface area contributed by atoms with E-state index in [1.165, 1.54) is 0 Å². The number of halogens is 1. The molecule has 1 N–H and O–H groups in total. The Morgan fingerprint density at radius 3 is 2.75 bits per heavy atom. The smallest absolute Gasteiger partial charge is 0.240 e. The van der Waals surface area contributed by atoms with Crippen molar-refractivity contribution in [2.45, 2.75) is 26.7 Å². The molecule has 0 aliphatic heterocycles. The second kappa shape index (κ2) is 9.03. The number of pyridine rings is 1. The number of rotatable bonds is 7. The first-order valence-electron chi connectivity index (χ1n) is 7.69. The van der Waals surface area contributed by atoms with Crippen LogP contribution in [0.4, 0.5) is 0 Å². The molecule has 0 aliphatic rings. The summed E-state index contributed by atoms with van der Waals surface area (Å²) in [6.45, 7) is 4.23. The molecule has 1 amide bonds. The predicted molar refractivity (Wildman–Crippen MR) is 95.5 cm³/mol. The summed E-state index contributed by atoms with van der Waals surface area (Å²) in [5.41, 5.74) is 5.19. The number of hydrogen-bond donors (Lipinski definition) is 1. The predicted octanol–water partition coefficient (Wildman–Crippen LogP) is 3.74. The van der Waals surface area contributed by atoms with Gasteiger partial charge in [-0.3, -0.25) is 9.78 Å². The number of ether oxygens (including phenoxy) is 1. The Morgan fingerprint density at radius 1 is 1.29 bits per heavy atom. The Bertz CT molecular complexity index is 717. The minimum Gasteiger partial charge on any atom is -0.493 e. The van der Waals surface area contributed by atoms with E-state index in [4.69, 9.17) is 16.3 Å². The van der Waals surface area contributed by atoms with Crippen molar-refractivity contribution in [2.24, 2.45) is 5.10 Å². The van der Waals surface area contributed by atoms with E-state index in [0.717, 1.165) is 22.6 Å². The van der Waals surface area contributed by atoms with Crippen LogP contribution in [0.25, 0.3) is 0 Å². The van der Waals surface area contributed by atoms with E-state index in [-0.39, 0.29) is 5.91 Å². The third-order valence-electron chi connectivity index (χ3n) is 3.39. The number of nitrogens with one attached hydrogen (secondary N) is 1. The average Bonchev–Trinajstić information content (AvgIpc) is 2.59. The van der Waals surface area contributed by atoms with Gasteiger partial charge in [0.25, 0.3) is 0 Å². The van der Waals surface area contributed by atoms with Gasteiger partial charge in [-0.15, -0.1) is 0 Å². The fraction of sp³-hybridized carbons (Fsp3) is 0.278. The summed E-state index contributed by atoms with van der Waals surface area (Å²) in [5, 5.41) is 4.77. The van der Waals surface area contributed by atoms with E-state index < -0.39 is 0 Å². The zero-order chi connectivity index (χ0) is 17.4. The van der Waals surface area contributed by atoms with Crippen molar-refractivity contribution >= 4 is 23.2 Å². The summed E-state index contributed by atoms with van der Waals surface area (Å²) in [6, 6.07) is 9.15. The highest BCUT2D eigenvalue weighted by atomic mass is 35.5. The lowest BCUT2D eigenvalue weighted by atomic mass is 10.2. The van der Waals surface area contributed by atoms with Crippen LogP contribution >= 0.6 is 11.6 Å². The molecule has 126 valence electrons. The van der Waals surface area contributed by atoms with Crippen molar-refractivity contribution in [3.63, 3.8) is 0 Å². The zero-order valence-electron chi connectivity index (χ0n) is 13.8. The molecular weight excluding hydrogens is 326 g/mol. The van der Waals surface area contributed by atoms with E-state index in [9.17, 15) is 4.79 Å². The molecule has 0 fully saturated rings. The number of nitrogens with zero attached hydrogens (tertiary/aromatic N) is 2. The number of amides is 1. The topological polar surface area (TPSA) is 63.6 Å². The van der Waals surface area contributed by atoms with Crippen LogP contribution in [-0.4, -0.2) is 23.2 Å². The zero-order valence-corrected chi connectivity index (χ0v) is 14.5. The van der Waals surface area contributed by atoms with Gasteiger partial charge in [-0.05, 0) is 56.2 Å². The lowest BCUT2D eigenvalue weighted by molar-refractivity contribution is -0.121.